The molecule has 2 heterocycles. The Morgan fingerprint density at radius 1 is 0.952 bits per heavy atom. The second kappa shape index (κ2) is 6.78. The number of rotatable bonds is 3. The molecule has 0 amide bonds. The maximum atomic E-state index is 12.1. The van der Waals surface area contributed by atoms with Gasteiger partial charge in [0.05, 0.1) is 0 Å². The molecule has 0 aromatic rings. The van der Waals surface area contributed by atoms with E-state index in [-0.39, 0.29) is 5.92 Å². The molecule has 0 aromatic heterocycles. The summed E-state index contributed by atoms with van der Waals surface area (Å²) in [4.78, 5) is 17.4. The van der Waals surface area contributed by atoms with Crippen molar-refractivity contribution in [1.29, 1.82) is 0 Å². The zero-order chi connectivity index (χ0) is 15.6. The SMILES string of the molecule is CC(C)C(=O)C1CCN(C2CCN(C(C)(C)C)CC2)CC1. The first-order chi connectivity index (χ1) is 9.79. The maximum absolute atomic E-state index is 12.1. The fourth-order valence-corrected chi connectivity index (χ4v) is 3.92. The summed E-state index contributed by atoms with van der Waals surface area (Å²) in [5, 5.41) is 0. The molecule has 0 bridgehead atoms. The first-order valence-corrected chi connectivity index (χ1v) is 8.82. The van der Waals surface area contributed by atoms with Crippen molar-refractivity contribution >= 4 is 5.78 Å². The molecule has 0 radical (unpaired) electrons. The van der Waals surface area contributed by atoms with Crippen LogP contribution in [0.5, 0.6) is 0 Å². The van der Waals surface area contributed by atoms with Crippen LogP contribution in [0.1, 0.15) is 60.3 Å². The molecule has 0 aliphatic carbocycles. The number of carbonyl (C=O) groups is 1. The van der Waals surface area contributed by atoms with Gasteiger partial charge in [-0.05, 0) is 59.5 Å². The summed E-state index contributed by atoms with van der Waals surface area (Å²) >= 11 is 0. The van der Waals surface area contributed by atoms with Crippen molar-refractivity contribution in [3.8, 4) is 0 Å². The average Bonchev–Trinajstić information content (AvgIpc) is 2.46. The molecule has 0 saturated carbocycles. The highest BCUT2D eigenvalue weighted by Gasteiger charge is 2.33. The van der Waals surface area contributed by atoms with Crippen molar-refractivity contribution in [2.24, 2.45) is 11.8 Å². The van der Waals surface area contributed by atoms with E-state index in [9.17, 15) is 4.79 Å². The lowest BCUT2D eigenvalue weighted by Crippen LogP contribution is -2.52. The van der Waals surface area contributed by atoms with Crippen molar-refractivity contribution in [1.82, 2.24) is 9.80 Å². The minimum atomic E-state index is 0.205. The van der Waals surface area contributed by atoms with E-state index in [1.54, 1.807) is 0 Å². The number of piperidine rings is 2. The minimum absolute atomic E-state index is 0.205. The van der Waals surface area contributed by atoms with Gasteiger partial charge < -0.3 is 4.90 Å². The summed E-state index contributed by atoms with van der Waals surface area (Å²) in [6.07, 6.45) is 4.74. The van der Waals surface area contributed by atoms with E-state index in [0.29, 0.717) is 17.2 Å². The monoisotopic (exact) mass is 294 g/mol. The normalized spacial score (nSPS) is 24.7. The van der Waals surface area contributed by atoms with E-state index in [0.717, 1.165) is 32.0 Å². The van der Waals surface area contributed by atoms with Crippen LogP contribution in [0.4, 0.5) is 0 Å². The van der Waals surface area contributed by atoms with Crippen LogP contribution in [0.3, 0.4) is 0 Å². The van der Waals surface area contributed by atoms with Crippen molar-refractivity contribution in [3.05, 3.63) is 0 Å². The molecule has 0 atom stereocenters. The van der Waals surface area contributed by atoms with Crippen LogP contribution < -0.4 is 0 Å². The Balaban J connectivity index is 1.78. The van der Waals surface area contributed by atoms with Crippen molar-refractivity contribution < 1.29 is 4.79 Å². The number of nitrogens with zero attached hydrogens (tertiary/aromatic N) is 2. The first-order valence-electron chi connectivity index (χ1n) is 8.82. The van der Waals surface area contributed by atoms with Crippen LogP contribution in [0, 0.1) is 11.8 Å². The van der Waals surface area contributed by atoms with Crippen LogP contribution in [0.15, 0.2) is 0 Å². The zero-order valence-corrected chi connectivity index (χ0v) is 14.7. The molecule has 122 valence electrons. The first kappa shape index (κ1) is 17.0. The quantitative estimate of drug-likeness (QED) is 0.798. The Labute approximate surface area is 131 Å². The van der Waals surface area contributed by atoms with E-state index in [2.05, 4.69) is 30.6 Å². The number of carbonyl (C=O) groups excluding carboxylic acids is 1. The van der Waals surface area contributed by atoms with Crippen LogP contribution in [-0.4, -0.2) is 53.3 Å². The third-order valence-electron chi connectivity index (χ3n) is 5.43. The molecule has 0 spiro atoms. The highest BCUT2D eigenvalue weighted by atomic mass is 16.1. The molecule has 0 N–H and O–H groups in total. The summed E-state index contributed by atoms with van der Waals surface area (Å²) < 4.78 is 0. The smallest absolute Gasteiger partial charge is 0.138 e. The van der Waals surface area contributed by atoms with Gasteiger partial charge in [-0.25, -0.2) is 0 Å². The lowest BCUT2D eigenvalue weighted by molar-refractivity contribution is -0.127. The summed E-state index contributed by atoms with van der Waals surface area (Å²) in [7, 11) is 0. The predicted molar refractivity (Wildman–Crippen MR) is 88.5 cm³/mol. The van der Waals surface area contributed by atoms with Crippen LogP contribution in [-0.2, 0) is 4.79 Å². The second-order valence-corrected chi connectivity index (χ2v) is 8.26. The lowest BCUT2D eigenvalue weighted by atomic mass is 9.86. The molecule has 2 fully saturated rings. The van der Waals surface area contributed by atoms with E-state index >= 15 is 0 Å². The van der Waals surface area contributed by atoms with Gasteiger partial charge in [0, 0.05) is 36.5 Å². The van der Waals surface area contributed by atoms with Gasteiger partial charge >= 0.3 is 0 Å². The molecule has 3 nitrogen and oxygen atoms in total. The van der Waals surface area contributed by atoms with E-state index < -0.39 is 0 Å². The molecule has 0 aromatic carbocycles. The molecule has 2 aliphatic rings. The predicted octanol–water partition coefficient (Wildman–Crippen LogP) is 3.19. The fraction of sp³-hybridized carbons (Fsp3) is 0.944. The van der Waals surface area contributed by atoms with Crippen LogP contribution in [0.2, 0.25) is 0 Å². The number of hydrogen-bond acceptors (Lipinski definition) is 3. The maximum Gasteiger partial charge on any atom is 0.138 e. The molecular weight excluding hydrogens is 260 g/mol. The summed E-state index contributed by atoms with van der Waals surface area (Å²) in [5.41, 5.74) is 0.307. The van der Waals surface area contributed by atoms with Crippen molar-refractivity contribution in [2.75, 3.05) is 26.2 Å². The number of likely N-dealkylation sites (tertiary alicyclic amines) is 2. The van der Waals surface area contributed by atoms with Crippen LogP contribution in [0.25, 0.3) is 0 Å². The van der Waals surface area contributed by atoms with Gasteiger partial charge in [0.15, 0.2) is 0 Å². The summed E-state index contributed by atoms with van der Waals surface area (Å²) in [6, 6.07) is 0.749. The van der Waals surface area contributed by atoms with Crippen LogP contribution >= 0.6 is 0 Å². The van der Waals surface area contributed by atoms with Gasteiger partial charge in [0.1, 0.15) is 5.78 Å². The highest BCUT2D eigenvalue weighted by Crippen LogP contribution is 2.27. The minimum Gasteiger partial charge on any atom is -0.300 e. The average molecular weight is 294 g/mol. The molecule has 0 unspecified atom stereocenters. The van der Waals surface area contributed by atoms with Gasteiger partial charge in [-0.1, -0.05) is 13.8 Å². The zero-order valence-electron chi connectivity index (χ0n) is 14.7. The highest BCUT2D eigenvalue weighted by molar-refractivity contribution is 5.82. The Morgan fingerprint density at radius 2 is 1.48 bits per heavy atom. The van der Waals surface area contributed by atoms with Gasteiger partial charge in [-0.15, -0.1) is 0 Å². The molecule has 21 heavy (non-hydrogen) atoms. The standard InChI is InChI=1S/C18H34N2O/c1-14(2)17(21)15-6-10-19(11-7-15)16-8-12-20(13-9-16)18(3,4)5/h14-16H,6-13H2,1-5H3. The third kappa shape index (κ3) is 4.29. The van der Waals surface area contributed by atoms with Gasteiger partial charge in [-0.2, -0.15) is 0 Å². The van der Waals surface area contributed by atoms with E-state index in [4.69, 9.17) is 0 Å². The second-order valence-electron chi connectivity index (χ2n) is 8.26. The largest absolute Gasteiger partial charge is 0.300 e. The molecule has 2 aliphatic heterocycles. The van der Waals surface area contributed by atoms with Gasteiger partial charge in [0.2, 0.25) is 0 Å². The lowest BCUT2D eigenvalue weighted by Gasteiger charge is -2.45. The molecule has 3 heteroatoms. The summed E-state index contributed by atoms with van der Waals surface area (Å²) in [6.45, 7) is 15.7. The molecular formula is C18H34N2O. The van der Waals surface area contributed by atoms with Crippen molar-refractivity contribution in [2.45, 2.75) is 71.9 Å². The van der Waals surface area contributed by atoms with Gasteiger partial charge in [0.25, 0.3) is 0 Å². The Bertz CT molecular complexity index is 343. The Hall–Kier alpha value is -0.410. The number of ketones is 1. The molecule has 2 rings (SSSR count). The summed E-state index contributed by atoms with van der Waals surface area (Å²) in [5.74, 6) is 1.02. The number of hydrogen-bond donors (Lipinski definition) is 0. The van der Waals surface area contributed by atoms with E-state index in [1.807, 2.05) is 13.8 Å². The third-order valence-corrected chi connectivity index (χ3v) is 5.43. The Kier molecular flexibility index (Phi) is 5.48. The topological polar surface area (TPSA) is 23.6 Å². The van der Waals surface area contributed by atoms with Gasteiger partial charge in [-0.3, -0.25) is 9.69 Å². The van der Waals surface area contributed by atoms with Crippen molar-refractivity contribution in [3.63, 3.8) is 0 Å². The number of Topliss-reactive ketones (excluding diaryl/α,β-unsaturated/α-hetero) is 1. The fourth-order valence-electron chi connectivity index (χ4n) is 3.92. The van der Waals surface area contributed by atoms with E-state index in [1.165, 1.54) is 25.9 Å². The molecule has 2 saturated heterocycles. The Morgan fingerprint density at radius 3 is 1.90 bits per heavy atom.